The van der Waals surface area contributed by atoms with Crippen LogP contribution in [0.25, 0.3) is 0 Å². The summed E-state index contributed by atoms with van der Waals surface area (Å²) >= 11 is 14.1. The second-order valence-corrected chi connectivity index (χ2v) is 6.59. The molecule has 2 N–H and O–H groups in total. The topological polar surface area (TPSA) is 26.0 Å². The third-order valence-corrected chi connectivity index (χ3v) is 4.95. The van der Waals surface area contributed by atoms with E-state index >= 15 is 0 Å². The van der Waals surface area contributed by atoms with Gasteiger partial charge in [0.25, 0.3) is 0 Å². The van der Waals surface area contributed by atoms with Gasteiger partial charge in [-0.1, -0.05) is 60.1 Å². The monoisotopic (exact) mass is 325 g/mol. The van der Waals surface area contributed by atoms with Crippen LogP contribution in [0.1, 0.15) is 18.9 Å². The summed E-state index contributed by atoms with van der Waals surface area (Å²) in [6.07, 6.45) is 1.76. The first kappa shape index (κ1) is 15.7. The molecule has 2 aromatic carbocycles. The lowest BCUT2D eigenvalue weighted by Gasteiger charge is -2.11. The second kappa shape index (κ2) is 7.37. The molecule has 0 aliphatic carbocycles. The Morgan fingerprint density at radius 2 is 1.85 bits per heavy atom. The summed E-state index contributed by atoms with van der Waals surface area (Å²) in [5, 5.41) is 1.52. The third-order valence-electron chi connectivity index (χ3n) is 3.10. The van der Waals surface area contributed by atoms with Crippen LogP contribution in [0.15, 0.2) is 52.3 Å². The molecule has 1 nitrogen and oxygen atoms in total. The summed E-state index contributed by atoms with van der Waals surface area (Å²) in [5.74, 6) is 0. The Kier molecular flexibility index (Phi) is 5.79. The van der Waals surface area contributed by atoms with Crippen molar-refractivity contribution in [2.45, 2.75) is 35.6 Å². The quantitative estimate of drug-likeness (QED) is 0.793. The fourth-order valence-electron chi connectivity index (χ4n) is 1.84. The Bertz CT molecular complexity index is 586. The molecule has 1 atom stereocenters. The molecular weight excluding hydrogens is 309 g/mol. The molecular formula is C16H17Cl2NS. The number of nitrogens with two attached hydrogens (primary N) is 1. The first-order chi connectivity index (χ1) is 9.60. The molecule has 0 heterocycles. The normalized spacial score (nSPS) is 12.4. The summed E-state index contributed by atoms with van der Waals surface area (Å²) in [4.78, 5) is 2.11. The van der Waals surface area contributed by atoms with Crippen molar-refractivity contribution < 1.29 is 0 Å². The highest BCUT2D eigenvalue weighted by Gasteiger charge is 2.08. The largest absolute Gasteiger partial charge is 0.327 e. The zero-order chi connectivity index (χ0) is 14.5. The molecule has 0 aliphatic rings. The van der Waals surface area contributed by atoms with Crippen LogP contribution in [0.3, 0.4) is 0 Å². The van der Waals surface area contributed by atoms with E-state index in [1.807, 2.05) is 30.3 Å². The molecule has 106 valence electrons. The minimum Gasteiger partial charge on any atom is -0.327 e. The lowest BCUT2D eigenvalue weighted by molar-refractivity contribution is 0.646. The van der Waals surface area contributed by atoms with Gasteiger partial charge >= 0.3 is 0 Å². The maximum atomic E-state index is 6.33. The van der Waals surface area contributed by atoms with Crippen LogP contribution in [0.5, 0.6) is 0 Å². The van der Waals surface area contributed by atoms with E-state index in [1.165, 1.54) is 0 Å². The fourth-order valence-corrected chi connectivity index (χ4v) is 3.29. The molecule has 0 fully saturated rings. The highest BCUT2D eigenvalue weighted by Crippen LogP contribution is 2.35. The van der Waals surface area contributed by atoms with Gasteiger partial charge in [-0.15, -0.1) is 0 Å². The third kappa shape index (κ3) is 4.16. The SMILES string of the molecule is CCC(N)Cc1ccc(Sc2ccccc2Cl)cc1Cl. The Labute approximate surface area is 134 Å². The average molecular weight is 326 g/mol. The maximum absolute atomic E-state index is 6.33. The van der Waals surface area contributed by atoms with E-state index in [4.69, 9.17) is 28.9 Å². The lowest BCUT2D eigenvalue weighted by atomic mass is 10.1. The highest BCUT2D eigenvalue weighted by atomic mass is 35.5. The summed E-state index contributed by atoms with van der Waals surface area (Å²) in [6, 6.07) is 14.1. The van der Waals surface area contributed by atoms with Crippen molar-refractivity contribution in [2.24, 2.45) is 5.73 Å². The van der Waals surface area contributed by atoms with Gasteiger partial charge in [0.05, 0.1) is 5.02 Å². The number of halogens is 2. The summed E-state index contributed by atoms with van der Waals surface area (Å²) < 4.78 is 0. The van der Waals surface area contributed by atoms with Gasteiger partial charge < -0.3 is 5.73 Å². The Morgan fingerprint density at radius 1 is 1.10 bits per heavy atom. The van der Waals surface area contributed by atoms with Crippen LogP contribution in [-0.4, -0.2) is 6.04 Å². The van der Waals surface area contributed by atoms with Gasteiger partial charge in [-0.25, -0.2) is 0 Å². The summed E-state index contributed by atoms with van der Waals surface area (Å²) in [7, 11) is 0. The van der Waals surface area contributed by atoms with E-state index < -0.39 is 0 Å². The number of benzene rings is 2. The number of hydrogen-bond donors (Lipinski definition) is 1. The lowest BCUT2D eigenvalue weighted by Crippen LogP contribution is -2.21. The highest BCUT2D eigenvalue weighted by molar-refractivity contribution is 7.99. The zero-order valence-electron chi connectivity index (χ0n) is 11.3. The van der Waals surface area contributed by atoms with E-state index in [-0.39, 0.29) is 6.04 Å². The molecule has 0 bridgehead atoms. The molecule has 0 amide bonds. The second-order valence-electron chi connectivity index (χ2n) is 4.66. The molecule has 0 aliphatic heterocycles. The first-order valence-corrected chi connectivity index (χ1v) is 8.13. The van der Waals surface area contributed by atoms with Crippen molar-refractivity contribution in [1.29, 1.82) is 0 Å². The smallest absolute Gasteiger partial charge is 0.0545 e. The zero-order valence-corrected chi connectivity index (χ0v) is 13.6. The Hall–Kier alpha value is -0.670. The number of hydrogen-bond acceptors (Lipinski definition) is 2. The van der Waals surface area contributed by atoms with Crippen LogP contribution < -0.4 is 5.73 Å². The molecule has 4 heteroatoms. The molecule has 0 saturated carbocycles. The van der Waals surface area contributed by atoms with E-state index in [0.717, 1.165) is 38.2 Å². The molecule has 1 unspecified atom stereocenters. The van der Waals surface area contributed by atoms with Crippen molar-refractivity contribution in [3.63, 3.8) is 0 Å². The molecule has 0 saturated heterocycles. The molecule has 0 radical (unpaired) electrons. The van der Waals surface area contributed by atoms with Gasteiger partial charge in [-0.2, -0.15) is 0 Å². The molecule has 2 aromatic rings. The predicted molar refractivity (Wildman–Crippen MR) is 89.0 cm³/mol. The van der Waals surface area contributed by atoms with E-state index in [0.29, 0.717) is 0 Å². The van der Waals surface area contributed by atoms with Crippen molar-refractivity contribution in [3.05, 3.63) is 58.1 Å². The van der Waals surface area contributed by atoms with Crippen molar-refractivity contribution in [2.75, 3.05) is 0 Å². The molecule has 0 aromatic heterocycles. The van der Waals surface area contributed by atoms with Crippen LogP contribution in [0.4, 0.5) is 0 Å². The molecule has 0 spiro atoms. The van der Waals surface area contributed by atoms with Crippen LogP contribution in [0, 0.1) is 0 Å². The molecule has 2 rings (SSSR count). The van der Waals surface area contributed by atoms with Gasteiger partial charge in [0.2, 0.25) is 0 Å². The van der Waals surface area contributed by atoms with Crippen molar-refractivity contribution in [3.8, 4) is 0 Å². The standard InChI is InChI=1S/C16H17Cl2NS/c1-2-12(19)9-11-7-8-13(10-15(11)18)20-16-6-4-3-5-14(16)17/h3-8,10,12H,2,9,19H2,1H3. The van der Waals surface area contributed by atoms with Gasteiger partial charge in [0, 0.05) is 20.9 Å². The minimum absolute atomic E-state index is 0.162. The van der Waals surface area contributed by atoms with Crippen LogP contribution in [-0.2, 0) is 6.42 Å². The van der Waals surface area contributed by atoms with Crippen molar-refractivity contribution >= 4 is 35.0 Å². The fraction of sp³-hybridized carbons (Fsp3) is 0.250. The van der Waals surface area contributed by atoms with Gasteiger partial charge in [0.15, 0.2) is 0 Å². The summed E-state index contributed by atoms with van der Waals surface area (Å²) in [5.41, 5.74) is 7.08. The van der Waals surface area contributed by atoms with Gasteiger partial charge in [-0.3, -0.25) is 0 Å². The van der Waals surface area contributed by atoms with Crippen molar-refractivity contribution in [1.82, 2.24) is 0 Å². The number of rotatable bonds is 5. The van der Waals surface area contributed by atoms with Gasteiger partial charge in [0.1, 0.15) is 0 Å². The predicted octanol–water partition coefficient (Wildman–Crippen LogP) is 5.42. The average Bonchev–Trinajstić information content (AvgIpc) is 2.44. The van der Waals surface area contributed by atoms with Crippen LogP contribution in [0.2, 0.25) is 10.0 Å². The van der Waals surface area contributed by atoms with Gasteiger partial charge in [-0.05, 0) is 42.7 Å². The molecule has 20 heavy (non-hydrogen) atoms. The van der Waals surface area contributed by atoms with E-state index in [9.17, 15) is 0 Å². The van der Waals surface area contributed by atoms with Crippen LogP contribution >= 0.6 is 35.0 Å². The summed E-state index contributed by atoms with van der Waals surface area (Å²) in [6.45, 7) is 2.08. The Balaban J connectivity index is 2.15. The van der Waals surface area contributed by atoms with E-state index in [1.54, 1.807) is 11.8 Å². The maximum Gasteiger partial charge on any atom is 0.0545 e. The van der Waals surface area contributed by atoms with E-state index in [2.05, 4.69) is 19.1 Å². The Morgan fingerprint density at radius 3 is 2.50 bits per heavy atom. The first-order valence-electron chi connectivity index (χ1n) is 6.56. The minimum atomic E-state index is 0.162.